The molecule has 0 saturated heterocycles. The molecule has 0 bridgehead atoms. The molecule has 0 aliphatic rings. The number of anilines is 1. The first kappa shape index (κ1) is 14.1. The Morgan fingerprint density at radius 1 is 1.25 bits per heavy atom. The molecular weight excluding hydrogens is 282 g/mol. The first-order chi connectivity index (χ1) is 9.60. The summed E-state index contributed by atoms with van der Waals surface area (Å²) in [4.78, 5) is 10.3. The zero-order valence-corrected chi connectivity index (χ0v) is 11.1. The zero-order valence-electron chi connectivity index (χ0n) is 10.4. The second-order valence-electron chi connectivity index (χ2n) is 3.99. The Morgan fingerprint density at radius 3 is 2.55 bits per heavy atom. The number of nitrogens with one attached hydrogen (secondary N) is 1. The summed E-state index contributed by atoms with van der Waals surface area (Å²) >= 11 is 5.78. The van der Waals surface area contributed by atoms with Crippen LogP contribution in [-0.4, -0.2) is 4.92 Å². The van der Waals surface area contributed by atoms with Crippen molar-refractivity contribution in [1.82, 2.24) is 0 Å². The van der Waals surface area contributed by atoms with Crippen molar-refractivity contribution in [1.29, 1.82) is 0 Å². The Hall–Kier alpha value is -2.31. The Kier molecular flexibility index (Phi) is 4.39. The van der Waals surface area contributed by atoms with Gasteiger partial charge in [-0.3, -0.25) is 16.0 Å². The number of nitro benzene ring substituents is 1. The van der Waals surface area contributed by atoms with Gasteiger partial charge < -0.3 is 10.2 Å². The van der Waals surface area contributed by atoms with E-state index in [0.717, 1.165) is 0 Å². The van der Waals surface area contributed by atoms with Crippen molar-refractivity contribution in [3.8, 4) is 5.75 Å². The SMILES string of the molecule is NNc1ccc([N+](=O)[O-])cc1COc1ccc(Cl)cc1. The zero-order chi connectivity index (χ0) is 14.5. The molecule has 0 aliphatic heterocycles. The van der Waals surface area contributed by atoms with Crippen molar-refractivity contribution in [3.63, 3.8) is 0 Å². The molecular formula is C13H12ClN3O3. The number of benzene rings is 2. The van der Waals surface area contributed by atoms with Crippen molar-refractivity contribution < 1.29 is 9.66 Å². The molecule has 0 aliphatic carbocycles. The lowest BCUT2D eigenvalue weighted by Gasteiger charge is -2.10. The van der Waals surface area contributed by atoms with Gasteiger partial charge in [0.1, 0.15) is 12.4 Å². The van der Waals surface area contributed by atoms with Crippen molar-refractivity contribution in [3.05, 3.63) is 63.2 Å². The van der Waals surface area contributed by atoms with Gasteiger partial charge in [-0.25, -0.2) is 0 Å². The number of nitrogen functional groups attached to an aromatic ring is 1. The van der Waals surface area contributed by atoms with Gasteiger partial charge >= 0.3 is 0 Å². The smallest absolute Gasteiger partial charge is 0.269 e. The number of rotatable bonds is 5. The maximum absolute atomic E-state index is 10.8. The molecule has 3 N–H and O–H groups in total. The second-order valence-corrected chi connectivity index (χ2v) is 4.42. The fraction of sp³-hybridized carbons (Fsp3) is 0.0769. The number of nitro groups is 1. The number of ether oxygens (including phenoxy) is 1. The third kappa shape index (κ3) is 3.37. The quantitative estimate of drug-likeness (QED) is 0.502. The standard InChI is InChI=1S/C13H12ClN3O3/c14-10-1-4-12(5-2-10)20-8-9-7-11(17(18)19)3-6-13(9)16-15/h1-7,16H,8,15H2. The predicted octanol–water partition coefficient (Wildman–Crippen LogP) is 3.11. The monoisotopic (exact) mass is 293 g/mol. The lowest BCUT2D eigenvalue weighted by molar-refractivity contribution is -0.384. The molecule has 0 aromatic heterocycles. The van der Waals surface area contributed by atoms with Crippen LogP contribution < -0.4 is 16.0 Å². The van der Waals surface area contributed by atoms with Crippen molar-refractivity contribution in [2.45, 2.75) is 6.61 Å². The van der Waals surface area contributed by atoms with Gasteiger partial charge in [-0.2, -0.15) is 0 Å². The Bertz CT molecular complexity index is 617. The third-order valence-corrected chi connectivity index (χ3v) is 2.92. The number of hydrogen-bond acceptors (Lipinski definition) is 5. The lowest BCUT2D eigenvalue weighted by Crippen LogP contribution is -2.10. The van der Waals surface area contributed by atoms with E-state index >= 15 is 0 Å². The fourth-order valence-electron chi connectivity index (χ4n) is 1.65. The molecule has 0 amide bonds. The van der Waals surface area contributed by atoms with Crippen LogP contribution in [0.4, 0.5) is 11.4 Å². The number of nitrogens with zero attached hydrogens (tertiary/aromatic N) is 1. The molecule has 104 valence electrons. The van der Waals surface area contributed by atoms with Gasteiger partial charge in [-0.05, 0) is 30.3 Å². The predicted molar refractivity (Wildman–Crippen MR) is 76.7 cm³/mol. The largest absolute Gasteiger partial charge is 0.489 e. The maximum atomic E-state index is 10.8. The Labute approximate surface area is 120 Å². The topological polar surface area (TPSA) is 90.4 Å². The average Bonchev–Trinajstić information content (AvgIpc) is 2.46. The summed E-state index contributed by atoms with van der Waals surface area (Å²) in [6.07, 6.45) is 0. The van der Waals surface area contributed by atoms with Crippen LogP contribution in [0.1, 0.15) is 5.56 Å². The highest BCUT2D eigenvalue weighted by Crippen LogP contribution is 2.23. The van der Waals surface area contributed by atoms with Gasteiger partial charge in [0.05, 0.1) is 10.6 Å². The molecule has 0 spiro atoms. The van der Waals surface area contributed by atoms with E-state index in [1.807, 2.05) is 0 Å². The first-order valence-corrected chi connectivity index (χ1v) is 6.10. The van der Waals surface area contributed by atoms with Crippen molar-refractivity contribution >= 4 is 23.0 Å². The van der Waals surface area contributed by atoms with Crippen LogP contribution in [0.5, 0.6) is 5.75 Å². The number of hydrazine groups is 1. The van der Waals surface area contributed by atoms with Crippen LogP contribution in [0.2, 0.25) is 5.02 Å². The molecule has 0 heterocycles. The molecule has 6 nitrogen and oxygen atoms in total. The van der Waals surface area contributed by atoms with Crippen LogP contribution in [0.3, 0.4) is 0 Å². The molecule has 0 fully saturated rings. The van der Waals surface area contributed by atoms with E-state index in [0.29, 0.717) is 22.0 Å². The molecule has 0 radical (unpaired) electrons. The van der Waals surface area contributed by atoms with E-state index in [1.54, 1.807) is 30.3 Å². The van der Waals surface area contributed by atoms with Gasteiger partial charge in [0, 0.05) is 22.7 Å². The molecule has 20 heavy (non-hydrogen) atoms. The highest BCUT2D eigenvalue weighted by atomic mass is 35.5. The summed E-state index contributed by atoms with van der Waals surface area (Å²) in [5.41, 5.74) is 3.64. The summed E-state index contributed by atoms with van der Waals surface area (Å²) < 4.78 is 5.55. The third-order valence-electron chi connectivity index (χ3n) is 2.66. The van der Waals surface area contributed by atoms with E-state index in [4.69, 9.17) is 22.2 Å². The van der Waals surface area contributed by atoms with E-state index in [1.165, 1.54) is 12.1 Å². The summed E-state index contributed by atoms with van der Waals surface area (Å²) in [6, 6.07) is 11.2. The Balaban J connectivity index is 2.16. The van der Waals surface area contributed by atoms with E-state index in [9.17, 15) is 10.1 Å². The normalized spacial score (nSPS) is 10.1. The van der Waals surface area contributed by atoms with Crippen LogP contribution >= 0.6 is 11.6 Å². The van der Waals surface area contributed by atoms with Gasteiger partial charge in [0.15, 0.2) is 0 Å². The first-order valence-electron chi connectivity index (χ1n) is 5.72. The van der Waals surface area contributed by atoms with E-state index < -0.39 is 4.92 Å². The number of halogens is 1. The molecule has 2 rings (SSSR count). The van der Waals surface area contributed by atoms with E-state index in [2.05, 4.69) is 5.43 Å². The number of nitrogens with two attached hydrogens (primary N) is 1. The molecule has 2 aromatic rings. The number of hydrogen-bond donors (Lipinski definition) is 2. The summed E-state index contributed by atoms with van der Waals surface area (Å²) in [5, 5.41) is 11.4. The van der Waals surface area contributed by atoms with Crippen molar-refractivity contribution in [2.75, 3.05) is 5.43 Å². The molecule has 0 atom stereocenters. The average molecular weight is 294 g/mol. The van der Waals surface area contributed by atoms with E-state index in [-0.39, 0.29) is 12.3 Å². The molecule has 7 heteroatoms. The second kappa shape index (κ2) is 6.23. The van der Waals surface area contributed by atoms with Gasteiger partial charge in [-0.15, -0.1) is 0 Å². The summed E-state index contributed by atoms with van der Waals surface area (Å²) in [5.74, 6) is 5.99. The van der Waals surface area contributed by atoms with Gasteiger partial charge in [0.2, 0.25) is 0 Å². The number of non-ortho nitro benzene ring substituents is 1. The molecule has 2 aromatic carbocycles. The highest BCUT2D eigenvalue weighted by molar-refractivity contribution is 6.30. The van der Waals surface area contributed by atoms with Crippen LogP contribution in [-0.2, 0) is 6.61 Å². The Morgan fingerprint density at radius 2 is 1.95 bits per heavy atom. The minimum Gasteiger partial charge on any atom is -0.489 e. The summed E-state index contributed by atoms with van der Waals surface area (Å²) in [7, 11) is 0. The van der Waals surface area contributed by atoms with Crippen LogP contribution in [0.25, 0.3) is 0 Å². The van der Waals surface area contributed by atoms with Crippen molar-refractivity contribution in [2.24, 2.45) is 5.84 Å². The van der Waals surface area contributed by atoms with Crippen LogP contribution in [0.15, 0.2) is 42.5 Å². The molecule has 0 saturated carbocycles. The highest BCUT2D eigenvalue weighted by Gasteiger charge is 2.10. The fourth-order valence-corrected chi connectivity index (χ4v) is 1.77. The van der Waals surface area contributed by atoms with Gasteiger partial charge in [-0.1, -0.05) is 11.6 Å². The van der Waals surface area contributed by atoms with Gasteiger partial charge in [0.25, 0.3) is 5.69 Å². The minimum absolute atomic E-state index is 0.0151. The summed E-state index contributed by atoms with van der Waals surface area (Å²) in [6.45, 7) is 0.156. The van der Waals surface area contributed by atoms with Crippen LogP contribution in [0, 0.1) is 10.1 Å². The minimum atomic E-state index is -0.466. The lowest BCUT2D eigenvalue weighted by atomic mass is 10.1. The molecule has 0 unspecified atom stereocenters. The maximum Gasteiger partial charge on any atom is 0.269 e.